The lowest BCUT2D eigenvalue weighted by atomic mass is 10.3. The number of aliphatic imine (C=N–C) groups is 1. The van der Waals surface area contributed by atoms with E-state index in [0.29, 0.717) is 6.54 Å². The second kappa shape index (κ2) is 9.53. The fourth-order valence-corrected chi connectivity index (χ4v) is 1.48. The number of nitrogens with zero attached hydrogens (tertiary/aromatic N) is 1. The van der Waals surface area contributed by atoms with Crippen molar-refractivity contribution >= 4 is 5.96 Å². The first-order chi connectivity index (χ1) is 8.86. The number of furan rings is 1. The van der Waals surface area contributed by atoms with Crippen LogP contribution in [-0.4, -0.2) is 32.8 Å². The molecule has 1 aromatic rings. The van der Waals surface area contributed by atoms with Crippen molar-refractivity contribution < 1.29 is 9.15 Å². The third kappa shape index (κ3) is 6.30. The molecule has 0 aliphatic carbocycles. The van der Waals surface area contributed by atoms with Crippen LogP contribution in [0.1, 0.15) is 25.5 Å². The highest BCUT2D eigenvalue weighted by atomic mass is 16.5. The van der Waals surface area contributed by atoms with E-state index in [2.05, 4.69) is 15.6 Å². The fraction of sp³-hybridized carbons (Fsp3) is 0.615. The van der Waals surface area contributed by atoms with Crippen molar-refractivity contribution in [3.63, 3.8) is 0 Å². The Bertz CT molecular complexity index is 323. The summed E-state index contributed by atoms with van der Waals surface area (Å²) in [5.41, 5.74) is 0. The van der Waals surface area contributed by atoms with Gasteiger partial charge in [-0.1, -0.05) is 0 Å². The molecule has 0 atom stereocenters. The molecule has 0 aliphatic rings. The van der Waals surface area contributed by atoms with Crippen LogP contribution in [0, 0.1) is 0 Å². The first-order valence-corrected chi connectivity index (χ1v) is 6.41. The summed E-state index contributed by atoms with van der Waals surface area (Å²) in [5.74, 6) is 1.69. The molecular weight excluding hydrogens is 230 g/mol. The van der Waals surface area contributed by atoms with E-state index in [-0.39, 0.29) is 0 Å². The first kappa shape index (κ1) is 14.6. The average Bonchev–Trinajstić information content (AvgIpc) is 2.90. The summed E-state index contributed by atoms with van der Waals surface area (Å²) >= 11 is 0. The van der Waals surface area contributed by atoms with Crippen LogP contribution in [0.15, 0.2) is 27.8 Å². The highest BCUT2D eigenvalue weighted by Crippen LogP contribution is 1.98. The summed E-state index contributed by atoms with van der Waals surface area (Å²) in [4.78, 5) is 4.14. The minimum Gasteiger partial charge on any atom is -0.467 e. The molecule has 0 radical (unpaired) electrons. The molecule has 0 saturated heterocycles. The maximum absolute atomic E-state index is 5.28. The summed E-state index contributed by atoms with van der Waals surface area (Å²) in [6.45, 7) is 5.17. The number of rotatable bonds is 8. The predicted molar refractivity (Wildman–Crippen MR) is 72.6 cm³/mol. The average molecular weight is 253 g/mol. The molecule has 5 nitrogen and oxygen atoms in total. The zero-order valence-corrected chi connectivity index (χ0v) is 11.2. The van der Waals surface area contributed by atoms with Crippen molar-refractivity contribution in [2.75, 3.05) is 26.8 Å². The molecule has 1 aromatic heterocycles. The van der Waals surface area contributed by atoms with Crippen molar-refractivity contribution in [1.82, 2.24) is 10.6 Å². The molecule has 0 spiro atoms. The molecule has 0 unspecified atom stereocenters. The van der Waals surface area contributed by atoms with Crippen LogP contribution >= 0.6 is 0 Å². The van der Waals surface area contributed by atoms with Gasteiger partial charge in [0, 0.05) is 26.8 Å². The van der Waals surface area contributed by atoms with Gasteiger partial charge in [-0.15, -0.1) is 0 Å². The molecule has 0 aliphatic heterocycles. The van der Waals surface area contributed by atoms with Gasteiger partial charge >= 0.3 is 0 Å². The summed E-state index contributed by atoms with van der Waals surface area (Å²) in [5, 5.41) is 6.44. The Morgan fingerprint density at radius 1 is 1.39 bits per heavy atom. The van der Waals surface area contributed by atoms with E-state index in [1.165, 1.54) is 0 Å². The van der Waals surface area contributed by atoms with E-state index in [1.54, 1.807) is 13.3 Å². The van der Waals surface area contributed by atoms with Crippen molar-refractivity contribution in [3.8, 4) is 0 Å². The molecule has 0 amide bonds. The van der Waals surface area contributed by atoms with Gasteiger partial charge in [0.2, 0.25) is 0 Å². The van der Waals surface area contributed by atoms with Crippen LogP contribution < -0.4 is 10.6 Å². The SMILES string of the molecule is CCOCCCCNC(=NC)NCc1ccco1. The monoisotopic (exact) mass is 253 g/mol. The highest BCUT2D eigenvalue weighted by molar-refractivity contribution is 5.79. The fourth-order valence-electron chi connectivity index (χ4n) is 1.48. The van der Waals surface area contributed by atoms with Gasteiger partial charge < -0.3 is 19.8 Å². The Hall–Kier alpha value is -1.49. The number of unbranched alkanes of at least 4 members (excludes halogenated alkanes) is 1. The molecule has 18 heavy (non-hydrogen) atoms. The van der Waals surface area contributed by atoms with E-state index in [0.717, 1.165) is 44.3 Å². The summed E-state index contributed by atoms with van der Waals surface area (Å²) in [6, 6.07) is 3.81. The molecule has 0 saturated carbocycles. The second-order valence-electron chi connectivity index (χ2n) is 3.84. The maximum Gasteiger partial charge on any atom is 0.191 e. The molecule has 1 rings (SSSR count). The Morgan fingerprint density at radius 2 is 2.28 bits per heavy atom. The molecule has 0 aromatic carbocycles. The number of ether oxygens (including phenoxy) is 1. The first-order valence-electron chi connectivity index (χ1n) is 6.41. The number of guanidine groups is 1. The molecule has 102 valence electrons. The largest absolute Gasteiger partial charge is 0.467 e. The van der Waals surface area contributed by atoms with Crippen molar-refractivity contribution in [2.24, 2.45) is 4.99 Å². The summed E-state index contributed by atoms with van der Waals surface area (Å²) in [7, 11) is 1.76. The third-order valence-electron chi connectivity index (χ3n) is 2.45. The topological polar surface area (TPSA) is 58.8 Å². The smallest absolute Gasteiger partial charge is 0.191 e. The van der Waals surface area contributed by atoms with Crippen LogP contribution in [0.25, 0.3) is 0 Å². The van der Waals surface area contributed by atoms with Crippen LogP contribution in [0.2, 0.25) is 0 Å². The third-order valence-corrected chi connectivity index (χ3v) is 2.45. The van der Waals surface area contributed by atoms with E-state index >= 15 is 0 Å². The van der Waals surface area contributed by atoms with Crippen LogP contribution in [0.5, 0.6) is 0 Å². The van der Waals surface area contributed by atoms with E-state index in [9.17, 15) is 0 Å². The normalized spacial score (nSPS) is 11.6. The van der Waals surface area contributed by atoms with Crippen LogP contribution in [-0.2, 0) is 11.3 Å². The van der Waals surface area contributed by atoms with Gasteiger partial charge in [-0.05, 0) is 31.9 Å². The Morgan fingerprint density at radius 3 is 2.94 bits per heavy atom. The van der Waals surface area contributed by atoms with Crippen molar-refractivity contribution in [1.29, 1.82) is 0 Å². The standard InChI is InChI=1S/C13H23N3O2/c1-3-17-9-5-4-8-15-13(14-2)16-11-12-7-6-10-18-12/h6-7,10H,3-5,8-9,11H2,1-2H3,(H2,14,15,16). The lowest BCUT2D eigenvalue weighted by molar-refractivity contribution is 0.143. The molecule has 2 N–H and O–H groups in total. The van der Waals surface area contributed by atoms with Gasteiger partial charge in [0.25, 0.3) is 0 Å². The van der Waals surface area contributed by atoms with Crippen molar-refractivity contribution in [3.05, 3.63) is 24.2 Å². The molecule has 5 heteroatoms. The number of hydrogen-bond donors (Lipinski definition) is 2. The lowest BCUT2D eigenvalue weighted by Gasteiger charge is -2.10. The predicted octanol–water partition coefficient (Wildman–Crippen LogP) is 1.76. The van der Waals surface area contributed by atoms with Gasteiger partial charge in [0.1, 0.15) is 5.76 Å². The van der Waals surface area contributed by atoms with E-state index < -0.39 is 0 Å². The quantitative estimate of drug-likeness (QED) is 0.421. The van der Waals surface area contributed by atoms with Crippen molar-refractivity contribution in [2.45, 2.75) is 26.3 Å². The minimum atomic E-state index is 0.644. The van der Waals surface area contributed by atoms with Crippen LogP contribution in [0.3, 0.4) is 0 Å². The Balaban J connectivity index is 2.07. The van der Waals surface area contributed by atoms with Gasteiger partial charge in [0.05, 0.1) is 12.8 Å². The molecule has 0 fully saturated rings. The zero-order valence-electron chi connectivity index (χ0n) is 11.2. The van der Waals surface area contributed by atoms with Gasteiger partial charge in [-0.2, -0.15) is 0 Å². The maximum atomic E-state index is 5.28. The second-order valence-corrected chi connectivity index (χ2v) is 3.84. The molecule has 1 heterocycles. The van der Waals surface area contributed by atoms with E-state index in [4.69, 9.17) is 9.15 Å². The summed E-state index contributed by atoms with van der Waals surface area (Å²) < 4.78 is 10.5. The number of nitrogens with one attached hydrogen (secondary N) is 2. The number of hydrogen-bond acceptors (Lipinski definition) is 3. The highest BCUT2D eigenvalue weighted by Gasteiger charge is 1.99. The Labute approximate surface area is 109 Å². The zero-order chi connectivity index (χ0) is 13.1. The van der Waals surface area contributed by atoms with E-state index in [1.807, 2.05) is 19.1 Å². The van der Waals surface area contributed by atoms with Gasteiger partial charge in [0.15, 0.2) is 5.96 Å². The molecular formula is C13H23N3O2. The van der Waals surface area contributed by atoms with Gasteiger partial charge in [-0.3, -0.25) is 4.99 Å². The summed E-state index contributed by atoms with van der Waals surface area (Å²) in [6.07, 6.45) is 3.80. The van der Waals surface area contributed by atoms with Gasteiger partial charge in [-0.25, -0.2) is 0 Å². The molecule has 0 bridgehead atoms. The van der Waals surface area contributed by atoms with Crippen LogP contribution in [0.4, 0.5) is 0 Å². The lowest BCUT2D eigenvalue weighted by Crippen LogP contribution is -2.37. The Kier molecular flexibility index (Phi) is 7.72. The minimum absolute atomic E-state index is 0.644.